The summed E-state index contributed by atoms with van der Waals surface area (Å²) in [5.41, 5.74) is 1.24. The van der Waals surface area contributed by atoms with Crippen LogP contribution in [0.3, 0.4) is 0 Å². The number of rotatable bonds is 5. The minimum Gasteiger partial charge on any atom is -0.497 e. The molecule has 0 amide bonds. The Morgan fingerprint density at radius 1 is 0.952 bits per heavy atom. The molecule has 1 atom stereocenters. The maximum Gasteiger partial charge on any atom is 0.128 e. The van der Waals surface area contributed by atoms with Crippen LogP contribution in [0.5, 0.6) is 11.5 Å². The van der Waals surface area contributed by atoms with Crippen molar-refractivity contribution in [2.75, 3.05) is 19.5 Å². The summed E-state index contributed by atoms with van der Waals surface area (Å²) in [6, 6.07) is 8.56. The van der Waals surface area contributed by atoms with Crippen molar-refractivity contribution in [1.29, 1.82) is 0 Å². The molecular formula is C16H17F2NO2. The van der Waals surface area contributed by atoms with Crippen molar-refractivity contribution < 1.29 is 18.3 Å². The van der Waals surface area contributed by atoms with Crippen molar-refractivity contribution in [3.63, 3.8) is 0 Å². The topological polar surface area (TPSA) is 30.5 Å². The fourth-order valence-electron chi connectivity index (χ4n) is 2.14. The number of ether oxygens (including phenoxy) is 2. The summed E-state index contributed by atoms with van der Waals surface area (Å²) in [6.07, 6.45) is 0. The Morgan fingerprint density at radius 3 is 2.19 bits per heavy atom. The number of halogens is 2. The Balaban J connectivity index is 2.25. The number of anilines is 1. The van der Waals surface area contributed by atoms with Crippen LogP contribution in [-0.4, -0.2) is 14.2 Å². The smallest absolute Gasteiger partial charge is 0.128 e. The molecule has 0 spiro atoms. The Hall–Kier alpha value is -2.30. The van der Waals surface area contributed by atoms with Crippen molar-refractivity contribution in [3.05, 3.63) is 53.6 Å². The lowest BCUT2D eigenvalue weighted by molar-refractivity contribution is 0.390. The summed E-state index contributed by atoms with van der Waals surface area (Å²) in [6.45, 7) is 1.88. The van der Waals surface area contributed by atoms with Crippen LogP contribution in [0, 0.1) is 11.6 Å². The van der Waals surface area contributed by atoms with E-state index in [1.165, 1.54) is 12.1 Å². The van der Waals surface area contributed by atoms with Gasteiger partial charge in [-0.3, -0.25) is 0 Å². The summed E-state index contributed by atoms with van der Waals surface area (Å²) in [4.78, 5) is 0. The highest BCUT2D eigenvalue weighted by atomic mass is 19.1. The van der Waals surface area contributed by atoms with E-state index in [0.717, 1.165) is 11.6 Å². The molecule has 0 aliphatic rings. The van der Waals surface area contributed by atoms with Gasteiger partial charge in [0.05, 0.1) is 20.3 Å². The van der Waals surface area contributed by atoms with Gasteiger partial charge in [0.2, 0.25) is 0 Å². The molecule has 1 N–H and O–H groups in total. The van der Waals surface area contributed by atoms with E-state index in [0.29, 0.717) is 17.2 Å². The number of nitrogens with one attached hydrogen (secondary N) is 1. The minimum absolute atomic E-state index is 0.188. The SMILES string of the molecule is COc1ccc(C(C)Nc2cc(F)cc(F)c2)c(OC)c1. The summed E-state index contributed by atoms with van der Waals surface area (Å²) >= 11 is 0. The molecule has 0 radical (unpaired) electrons. The summed E-state index contributed by atoms with van der Waals surface area (Å²) in [5, 5.41) is 3.05. The quantitative estimate of drug-likeness (QED) is 0.898. The van der Waals surface area contributed by atoms with E-state index in [1.54, 1.807) is 20.3 Å². The van der Waals surface area contributed by atoms with Crippen LogP contribution < -0.4 is 14.8 Å². The van der Waals surface area contributed by atoms with Gasteiger partial charge in [-0.15, -0.1) is 0 Å². The Bertz CT molecular complexity index is 611. The van der Waals surface area contributed by atoms with Crippen LogP contribution in [-0.2, 0) is 0 Å². The molecule has 0 saturated heterocycles. The van der Waals surface area contributed by atoms with Crippen molar-refractivity contribution in [2.24, 2.45) is 0 Å². The van der Waals surface area contributed by atoms with Crippen LogP contribution in [0.1, 0.15) is 18.5 Å². The van der Waals surface area contributed by atoms with Crippen molar-refractivity contribution in [3.8, 4) is 11.5 Å². The molecule has 5 heteroatoms. The summed E-state index contributed by atoms with van der Waals surface area (Å²) in [5.74, 6) is 0.0867. The molecular weight excluding hydrogens is 276 g/mol. The summed E-state index contributed by atoms with van der Waals surface area (Å²) in [7, 11) is 3.14. The lowest BCUT2D eigenvalue weighted by atomic mass is 10.1. The molecule has 0 aromatic heterocycles. The maximum atomic E-state index is 13.2. The molecule has 0 saturated carbocycles. The molecule has 21 heavy (non-hydrogen) atoms. The number of benzene rings is 2. The standard InChI is InChI=1S/C16H17F2NO2/c1-10(19-13-7-11(17)6-12(18)8-13)15-5-4-14(20-2)9-16(15)21-3/h4-10,19H,1-3H3. The summed E-state index contributed by atoms with van der Waals surface area (Å²) < 4.78 is 36.9. The molecule has 0 bridgehead atoms. The lowest BCUT2D eigenvalue weighted by Crippen LogP contribution is -2.08. The van der Waals surface area contributed by atoms with Gasteiger partial charge in [-0.1, -0.05) is 0 Å². The Labute approximate surface area is 122 Å². The van der Waals surface area contributed by atoms with E-state index in [2.05, 4.69) is 5.32 Å². The third-order valence-electron chi connectivity index (χ3n) is 3.15. The molecule has 3 nitrogen and oxygen atoms in total. The third kappa shape index (κ3) is 3.62. The number of methoxy groups -OCH3 is 2. The molecule has 2 rings (SSSR count). The van der Waals surface area contributed by atoms with Crippen LogP contribution in [0.15, 0.2) is 36.4 Å². The molecule has 0 fully saturated rings. The molecule has 2 aromatic carbocycles. The molecule has 112 valence electrons. The van der Waals surface area contributed by atoms with E-state index in [1.807, 2.05) is 19.1 Å². The van der Waals surface area contributed by atoms with E-state index in [4.69, 9.17) is 9.47 Å². The van der Waals surface area contributed by atoms with Crippen LogP contribution in [0.4, 0.5) is 14.5 Å². The van der Waals surface area contributed by atoms with Crippen LogP contribution in [0.25, 0.3) is 0 Å². The van der Waals surface area contributed by atoms with Gasteiger partial charge in [0.25, 0.3) is 0 Å². The average Bonchev–Trinajstić information content (AvgIpc) is 2.45. The Kier molecular flexibility index (Phi) is 4.62. The fourth-order valence-corrected chi connectivity index (χ4v) is 2.14. The van der Waals surface area contributed by atoms with Crippen LogP contribution in [0.2, 0.25) is 0 Å². The van der Waals surface area contributed by atoms with Gasteiger partial charge in [0.15, 0.2) is 0 Å². The predicted molar refractivity (Wildman–Crippen MR) is 77.9 cm³/mol. The first-order chi connectivity index (χ1) is 10.0. The van der Waals surface area contributed by atoms with E-state index in [9.17, 15) is 8.78 Å². The van der Waals surface area contributed by atoms with Gasteiger partial charge in [0, 0.05) is 23.4 Å². The first-order valence-corrected chi connectivity index (χ1v) is 6.48. The van der Waals surface area contributed by atoms with E-state index >= 15 is 0 Å². The lowest BCUT2D eigenvalue weighted by Gasteiger charge is -2.19. The molecule has 0 aliphatic carbocycles. The zero-order chi connectivity index (χ0) is 15.4. The fraction of sp³-hybridized carbons (Fsp3) is 0.250. The second kappa shape index (κ2) is 6.43. The van der Waals surface area contributed by atoms with Gasteiger partial charge in [-0.2, -0.15) is 0 Å². The number of hydrogen-bond donors (Lipinski definition) is 1. The van der Waals surface area contributed by atoms with Gasteiger partial charge in [-0.25, -0.2) is 8.78 Å². The minimum atomic E-state index is -0.619. The van der Waals surface area contributed by atoms with Gasteiger partial charge < -0.3 is 14.8 Å². The largest absolute Gasteiger partial charge is 0.497 e. The third-order valence-corrected chi connectivity index (χ3v) is 3.15. The molecule has 2 aromatic rings. The second-order valence-corrected chi connectivity index (χ2v) is 4.63. The monoisotopic (exact) mass is 293 g/mol. The van der Waals surface area contributed by atoms with E-state index < -0.39 is 11.6 Å². The van der Waals surface area contributed by atoms with Gasteiger partial charge in [-0.05, 0) is 31.2 Å². The normalized spacial score (nSPS) is 11.9. The van der Waals surface area contributed by atoms with Crippen molar-refractivity contribution in [1.82, 2.24) is 0 Å². The highest BCUT2D eigenvalue weighted by Crippen LogP contribution is 2.31. The van der Waals surface area contributed by atoms with Crippen LogP contribution >= 0.6 is 0 Å². The van der Waals surface area contributed by atoms with Gasteiger partial charge in [0.1, 0.15) is 23.1 Å². The molecule has 1 unspecified atom stereocenters. The van der Waals surface area contributed by atoms with Crippen molar-refractivity contribution in [2.45, 2.75) is 13.0 Å². The molecule has 0 aliphatic heterocycles. The van der Waals surface area contributed by atoms with Crippen molar-refractivity contribution >= 4 is 5.69 Å². The maximum absolute atomic E-state index is 13.2. The Morgan fingerprint density at radius 2 is 1.62 bits per heavy atom. The molecule has 0 heterocycles. The second-order valence-electron chi connectivity index (χ2n) is 4.63. The van der Waals surface area contributed by atoms with Gasteiger partial charge >= 0.3 is 0 Å². The first-order valence-electron chi connectivity index (χ1n) is 6.48. The first kappa shape index (κ1) is 15.1. The highest BCUT2D eigenvalue weighted by Gasteiger charge is 2.13. The zero-order valence-corrected chi connectivity index (χ0v) is 12.1. The highest BCUT2D eigenvalue weighted by molar-refractivity contribution is 5.49. The van der Waals surface area contributed by atoms with E-state index in [-0.39, 0.29) is 6.04 Å². The average molecular weight is 293 g/mol. The predicted octanol–water partition coefficient (Wildman–Crippen LogP) is 4.16. The zero-order valence-electron chi connectivity index (χ0n) is 12.1. The number of hydrogen-bond acceptors (Lipinski definition) is 3.